The number of nitrogens with one attached hydrogen (secondary N) is 4. The second kappa shape index (κ2) is 13.6. The Bertz CT molecular complexity index is 4110. The summed E-state index contributed by atoms with van der Waals surface area (Å²) < 4.78 is 16.2. The van der Waals surface area contributed by atoms with E-state index in [0.29, 0.717) is 60.3 Å². The van der Waals surface area contributed by atoms with Crippen LogP contribution in [0.15, 0.2) is 97.1 Å². The van der Waals surface area contributed by atoms with Crippen LogP contribution in [0.3, 0.4) is 0 Å². The third-order valence-corrected chi connectivity index (χ3v) is 14.9. The van der Waals surface area contributed by atoms with Crippen molar-refractivity contribution >= 4 is 122 Å². The van der Waals surface area contributed by atoms with Gasteiger partial charge in [0, 0.05) is 78.0 Å². The van der Waals surface area contributed by atoms with E-state index in [2.05, 4.69) is 25.2 Å². The molecule has 0 spiro atoms. The van der Waals surface area contributed by atoms with Crippen molar-refractivity contribution in [3.05, 3.63) is 119 Å². The van der Waals surface area contributed by atoms with E-state index >= 15 is 0 Å². The number of hydrogen-bond acceptors (Lipinski definition) is 10. The molecule has 0 radical (unpaired) electrons. The number of aromatic nitrogens is 4. The number of ketones is 2. The first kappa shape index (κ1) is 40.1. The highest BCUT2D eigenvalue weighted by Crippen LogP contribution is 2.50. The Morgan fingerprint density at radius 2 is 0.942 bits per heavy atom. The average molecular weight is 919 g/mol. The monoisotopic (exact) mass is 918 g/mol. The quantitative estimate of drug-likeness (QED) is 0.0984. The van der Waals surface area contributed by atoms with E-state index in [-0.39, 0.29) is 24.7 Å². The van der Waals surface area contributed by atoms with Crippen LogP contribution in [0.5, 0.6) is 0 Å². The highest BCUT2D eigenvalue weighted by atomic mass is 16.8. The fraction of sp³-hybridized carbons (Fsp3) is 0.208. The van der Waals surface area contributed by atoms with Gasteiger partial charge in [-0.15, -0.1) is 0 Å². The van der Waals surface area contributed by atoms with E-state index in [0.717, 1.165) is 49.1 Å². The zero-order valence-corrected chi connectivity index (χ0v) is 36.7. The molecule has 7 heterocycles. The van der Waals surface area contributed by atoms with E-state index in [1.165, 1.54) is 0 Å². The van der Waals surface area contributed by atoms with Crippen molar-refractivity contribution in [2.24, 2.45) is 0 Å². The summed E-state index contributed by atoms with van der Waals surface area (Å²) in [6.45, 7) is 3.64. The first-order valence-electron chi connectivity index (χ1n) is 22.8. The Morgan fingerprint density at radius 3 is 1.42 bits per heavy atom. The van der Waals surface area contributed by atoms with Gasteiger partial charge in [0.1, 0.15) is 24.4 Å². The Morgan fingerprint density at radius 1 is 0.522 bits per heavy atom. The number of para-hydroxylation sites is 4. The Labute approximate surface area is 387 Å². The second-order valence-corrected chi connectivity index (χ2v) is 19.1. The van der Waals surface area contributed by atoms with Crippen molar-refractivity contribution in [1.82, 2.24) is 29.7 Å². The highest BCUT2D eigenvalue weighted by molar-refractivity contribution is 6.41. The number of hydrogen-bond donors (Lipinski definition) is 6. The van der Waals surface area contributed by atoms with E-state index in [4.69, 9.17) is 9.47 Å². The molecule has 69 heavy (non-hydrogen) atoms. The van der Waals surface area contributed by atoms with Crippen molar-refractivity contribution in [3.63, 3.8) is 0 Å². The first-order chi connectivity index (χ1) is 33.3. The minimum Gasteiger partial charge on any atom is -0.388 e. The maximum Gasteiger partial charge on any atom is 0.259 e. The summed E-state index contributed by atoms with van der Waals surface area (Å²) in [7, 11) is 0. The van der Waals surface area contributed by atoms with Gasteiger partial charge < -0.3 is 38.8 Å². The van der Waals surface area contributed by atoms with Crippen LogP contribution in [0.4, 0.5) is 0 Å². The summed E-state index contributed by atoms with van der Waals surface area (Å²) in [5.41, 5.74) is 7.46. The number of aliphatic hydroxyl groups is 2. The molecule has 2 aliphatic carbocycles. The Kier molecular flexibility index (Phi) is 7.89. The number of imide groups is 2. The van der Waals surface area contributed by atoms with Crippen molar-refractivity contribution < 1.29 is 48.5 Å². The van der Waals surface area contributed by atoms with E-state index in [9.17, 15) is 39.0 Å². The smallest absolute Gasteiger partial charge is 0.259 e. The number of Topliss-reactive ketones (excluding diaryl/α,β-unsaturated/α-hetero) is 2. The SMILES string of the molecule is CC1(C)O[C@@H]2C(=O)CC(n3c4ccccc4c4c5c(c6c7ccccc7[nH]c6c43)C(=O)NC5=O)[C@@H]2O1.O=C1NC(=O)c2c1c1c3ccccc3[nH]c1c1c2c2ccccc2n1C1CC(=O)[C@@H](O)[C@H]1O. The predicted octanol–water partition coefficient (Wildman–Crippen LogP) is 6.89. The summed E-state index contributed by atoms with van der Waals surface area (Å²) in [5, 5.41) is 31.8. The normalized spacial score (nSPS) is 23.9. The predicted molar refractivity (Wildman–Crippen MR) is 254 cm³/mol. The van der Waals surface area contributed by atoms with E-state index in [1.54, 1.807) is 0 Å². The number of aliphatic hydroxyl groups excluding tert-OH is 2. The van der Waals surface area contributed by atoms with Gasteiger partial charge in [-0.25, -0.2) is 0 Å². The Hall–Kier alpha value is -8.02. The molecular formula is C53H38N6O10. The van der Waals surface area contributed by atoms with Crippen molar-refractivity contribution in [2.45, 2.75) is 69.0 Å². The van der Waals surface area contributed by atoms with Gasteiger partial charge in [-0.2, -0.15) is 0 Å². The molecule has 16 heteroatoms. The zero-order valence-electron chi connectivity index (χ0n) is 36.7. The van der Waals surface area contributed by atoms with Gasteiger partial charge in [-0.1, -0.05) is 72.8 Å². The topological polar surface area (TPSA) is 227 Å². The summed E-state index contributed by atoms with van der Waals surface area (Å²) >= 11 is 0. The van der Waals surface area contributed by atoms with Crippen LogP contribution in [0.25, 0.3) is 87.2 Å². The van der Waals surface area contributed by atoms with Crippen LogP contribution in [0.2, 0.25) is 0 Å². The molecule has 4 amide bonds. The van der Waals surface area contributed by atoms with Crippen molar-refractivity contribution in [1.29, 1.82) is 0 Å². The van der Waals surface area contributed by atoms with E-state index < -0.39 is 65.7 Å². The molecule has 10 aromatic rings. The molecule has 2 unspecified atom stereocenters. The standard InChI is InChI=1S/C28H21N3O5.C25H17N3O5/c1-28(2)35-24-16(11-17(32)25(24)36-28)31-15-10-6-4-8-13(15)19-21-20(26(33)30-27(21)34)18-12-7-3-5-9-14(12)29-22(18)23(19)31;29-15-9-14(22(30)23(15)31)28-13-8-4-2-6-11(13)17-19-18(24(32)27-25(19)33)16-10-5-1-3-7-12(10)26-20(16)21(17)28/h3-10,16,24-25,29H,11H2,1-2H3,(H,30,33,34);1-8,14,22-23,26,30-31H,9H2,(H,27,32,33)/t16?,24-,25+;14?,22-,23+/m00/s1. The number of fused-ring (bicyclic) bond motifs is 21. The number of rotatable bonds is 2. The molecule has 1 saturated heterocycles. The first-order valence-corrected chi connectivity index (χ1v) is 22.8. The lowest BCUT2D eigenvalue weighted by Crippen LogP contribution is -2.29. The van der Waals surface area contributed by atoms with Crippen LogP contribution in [0, 0.1) is 0 Å². The molecule has 5 aliphatic rings. The molecular weight excluding hydrogens is 881 g/mol. The lowest BCUT2D eigenvalue weighted by molar-refractivity contribution is -0.162. The van der Waals surface area contributed by atoms with Crippen molar-refractivity contribution in [2.75, 3.05) is 0 Å². The molecule has 15 rings (SSSR count). The van der Waals surface area contributed by atoms with Gasteiger partial charge in [0.05, 0.1) is 56.4 Å². The third-order valence-electron chi connectivity index (χ3n) is 14.9. The minimum atomic E-state index is -1.47. The molecule has 2 saturated carbocycles. The lowest BCUT2D eigenvalue weighted by Gasteiger charge is -2.24. The third kappa shape index (κ3) is 5.14. The largest absolute Gasteiger partial charge is 0.388 e. The summed E-state index contributed by atoms with van der Waals surface area (Å²) in [4.78, 5) is 84.6. The summed E-state index contributed by atoms with van der Waals surface area (Å²) in [6.07, 6.45) is -3.65. The molecule has 340 valence electrons. The van der Waals surface area contributed by atoms with Crippen LogP contribution in [0.1, 0.15) is 80.2 Å². The van der Waals surface area contributed by atoms with Crippen LogP contribution in [-0.4, -0.2) is 94.7 Å². The zero-order chi connectivity index (χ0) is 47.1. The molecule has 6 aromatic carbocycles. The number of nitrogens with zero attached hydrogens (tertiary/aromatic N) is 2. The molecule has 3 fully saturated rings. The van der Waals surface area contributed by atoms with Gasteiger partial charge in [0.15, 0.2) is 17.4 Å². The molecule has 6 N–H and O–H groups in total. The highest BCUT2D eigenvalue weighted by Gasteiger charge is 2.55. The number of carbonyl (C=O) groups is 6. The number of benzene rings is 6. The van der Waals surface area contributed by atoms with Gasteiger partial charge in [-0.3, -0.25) is 39.4 Å². The van der Waals surface area contributed by atoms with Gasteiger partial charge >= 0.3 is 0 Å². The van der Waals surface area contributed by atoms with Crippen LogP contribution in [-0.2, 0) is 19.1 Å². The average Bonchev–Trinajstić information content (AvgIpc) is 4.23. The molecule has 4 aromatic heterocycles. The van der Waals surface area contributed by atoms with Gasteiger partial charge in [0.25, 0.3) is 23.6 Å². The Balaban J connectivity index is 0.000000130. The number of carbonyl (C=O) groups excluding carboxylic acids is 6. The van der Waals surface area contributed by atoms with Crippen LogP contribution >= 0.6 is 0 Å². The maximum absolute atomic E-state index is 13.2. The molecule has 3 aliphatic heterocycles. The van der Waals surface area contributed by atoms with Gasteiger partial charge in [0.2, 0.25) is 0 Å². The summed E-state index contributed by atoms with van der Waals surface area (Å²) in [6, 6.07) is 29.4. The van der Waals surface area contributed by atoms with Crippen molar-refractivity contribution in [3.8, 4) is 0 Å². The number of amides is 4. The lowest BCUT2D eigenvalue weighted by atomic mass is 9.96. The number of H-pyrrole nitrogens is 2. The number of aromatic amines is 2. The minimum absolute atomic E-state index is 0.00322. The number of ether oxygens (including phenoxy) is 2. The van der Waals surface area contributed by atoms with Gasteiger partial charge in [-0.05, 0) is 38.1 Å². The second-order valence-electron chi connectivity index (χ2n) is 19.1. The van der Waals surface area contributed by atoms with Crippen LogP contribution < -0.4 is 10.6 Å². The molecule has 0 bridgehead atoms. The molecule has 6 atom stereocenters. The molecule has 16 nitrogen and oxygen atoms in total. The fourth-order valence-corrected chi connectivity index (χ4v) is 12.3. The maximum atomic E-state index is 13.2. The van der Waals surface area contributed by atoms with E-state index in [1.807, 2.05) is 115 Å². The fourth-order valence-electron chi connectivity index (χ4n) is 12.3. The summed E-state index contributed by atoms with van der Waals surface area (Å²) in [5.74, 6) is -3.02.